The van der Waals surface area contributed by atoms with Gasteiger partial charge in [-0.2, -0.15) is 5.10 Å². The molecule has 2 rings (SSSR count). The first-order valence-corrected chi connectivity index (χ1v) is 8.37. The third kappa shape index (κ3) is 8.00. The van der Waals surface area contributed by atoms with E-state index >= 15 is 0 Å². The highest BCUT2D eigenvalue weighted by molar-refractivity contribution is 14.0. The zero-order chi connectivity index (χ0) is 16.3. The van der Waals surface area contributed by atoms with Gasteiger partial charge in [0.2, 0.25) is 0 Å². The topological polar surface area (TPSA) is 63.5 Å². The Morgan fingerprint density at radius 3 is 2.67 bits per heavy atom. The van der Waals surface area contributed by atoms with Crippen LogP contribution in [0.4, 0.5) is 0 Å². The molecule has 0 aliphatic heterocycles. The predicted octanol–water partition coefficient (Wildman–Crippen LogP) is 2.90. The molecule has 24 heavy (non-hydrogen) atoms. The summed E-state index contributed by atoms with van der Waals surface area (Å²) in [6.07, 6.45) is 4.74. The fourth-order valence-electron chi connectivity index (χ4n) is 1.97. The second-order valence-corrected chi connectivity index (χ2v) is 5.77. The number of hydrogen-bond donors (Lipinski definition) is 2. The maximum absolute atomic E-state index is 5.65. The van der Waals surface area contributed by atoms with E-state index in [1.54, 1.807) is 13.2 Å². The van der Waals surface area contributed by atoms with Gasteiger partial charge in [-0.15, -0.1) is 24.0 Å². The molecule has 0 unspecified atom stereocenters. The van der Waals surface area contributed by atoms with Crippen LogP contribution in [0.3, 0.4) is 0 Å². The van der Waals surface area contributed by atoms with Gasteiger partial charge in [0.25, 0.3) is 0 Å². The molecule has 6 nitrogen and oxygen atoms in total. The van der Waals surface area contributed by atoms with Crippen LogP contribution in [0, 0.1) is 0 Å². The van der Waals surface area contributed by atoms with Crippen LogP contribution < -0.4 is 15.4 Å². The number of guanidine groups is 1. The molecule has 0 fully saturated rings. The monoisotopic (exact) mass is 507 g/mol. The van der Waals surface area contributed by atoms with Crippen molar-refractivity contribution in [2.75, 3.05) is 26.7 Å². The second-order valence-electron chi connectivity index (χ2n) is 4.85. The Morgan fingerprint density at radius 1 is 1.25 bits per heavy atom. The van der Waals surface area contributed by atoms with Crippen molar-refractivity contribution in [1.29, 1.82) is 0 Å². The van der Waals surface area contributed by atoms with Gasteiger partial charge < -0.3 is 15.4 Å². The number of ether oxygens (including phenoxy) is 1. The molecule has 0 amide bonds. The Kier molecular flexibility index (Phi) is 10.5. The number of aromatic nitrogens is 2. The normalized spacial score (nSPS) is 10.8. The minimum atomic E-state index is 0. The predicted molar refractivity (Wildman–Crippen MR) is 111 cm³/mol. The Bertz CT molecular complexity index is 589. The third-order valence-electron chi connectivity index (χ3n) is 3.12. The van der Waals surface area contributed by atoms with E-state index in [0.717, 1.165) is 35.7 Å². The van der Waals surface area contributed by atoms with E-state index in [1.165, 1.54) is 0 Å². The SMILES string of the molecule is CN=C(NCCCn1cccn1)NCCOc1ccc(Br)cc1.I. The standard InChI is InChI=1S/C16H22BrN5O.HI/c1-18-16(19-8-2-11-22-12-3-9-21-22)20-10-13-23-15-6-4-14(17)5-7-15;/h3-7,9,12H,2,8,10-11,13H2,1H3,(H2,18,19,20);1H. The Morgan fingerprint density at radius 2 is 2.00 bits per heavy atom. The van der Waals surface area contributed by atoms with Crippen molar-refractivity contribution in [2.45, 2.75) is 13.0 Å². The highest BCUT2D eigenvalue weighted by atomic mass is 127. The summed E-state index contributed by atoms with van der Waals surface area (Å²) in [6.45, 7) is 3.00. The van der Waals surface area contributed by atoms with Crippen molar-refractivity contribution in [3.8, 4) is 5.75 Å². The Hall–Kier alpha value is -1.29. The quantitative estimate of drug-likeness (QED) is 0.249. The van der Waals surface area contributed by atoms with E-state index in [1.807, 2.05) is 41.2 Å². The van der Waals surface area contributed by atoms with Crippen molar-refractivity contribution >= 4 is 45.9 Å². The van der Waals surface area contributed by atoms with E-state index in [-0.39, 0.29) is 24.0 Å². The summed E-state index contributed by atoms with van der Waals surface area (Å²) in [4.78, 5) is 4.19. The number of nitrogens with zero attached hydrogens (tertiary/aromatic N) is 3. The number of halogens is 2. The van der Waals surface area contributed by atoms with E-state index in [2.05, 4.69) is 36.7 Å². The van der Waals surface area contributed by atoms with Gasteiger partial charge in [0, 0.05) is 37.0 Å². The molecule has 2 N–H and O–H groups in total. The summed E-state index contributed by atoms with van der Waals surface area (Å²) in [5.74, 6) is 1.64. The third-order valence-corrected chi connectivity index (χ3v) is 3.64. The van der Waals surface area contributed by atoms with Crippen LogP contribution in [0.2, 0.25) is 0 Å². The lowest BCUT2D eigenvalue weighted by Crippen LogP contribution is -2.39. The van der Waals surface area contributed by atoms with Crippen LogP contribution in [-0.4, -0.2) is 42.5 Å². The first-order chi connectivity index (χ1) is 11.3. The maximum atomic E-state index is 5.65. The van der Waals surface area contributed by atoms with Gasteiger partial charge in [0.15, 0.2) is 5.96 Å². The zero-order valence-electron chi connectivity index (χ0n) is 13.6. The summed E-state index contributed by atoms with van der Waals surface area (Å²) < 4.78 is 8.62. The fraction of sp³-hybridized carbons (Fsp3) is 0.375. The number of benzene rings is 1. The van der Waals surface area contributed by atoms with Crippen molar-refractivity contribution in [1.82, 2.24) is 20.4 Å². The van der Waals surface area contributed by atoms with Crippen molar-refractivity contribution < 1.29 is 4.74 Å². The molecule has 1 aromatic heterocycles. The molecule has 0 saturated heterocycles. The highest BCUT2D eigenvalue weighted by Gasteiger charge is 1.98. The smallest absolute Gasteiger partial charge is 0.191 e. The summed E-state index contributed by atoms with van der Waals surface area (Å²) in [7, 11) is 1.76. The molecule has 0 aliphatic carbocycles. The number of aryl methyl sites for hydroxylation is 1. The number of rotatable bonds is 8. The minimum absolute atomic E-state index is 0. The molecule has 0 spiro atoms. The van der Waals surface area contributed by atoms with Gasteiger partial charge in [-0.1, -0.05) is 15.9 Å². The number of hydrogen-bond acceptors (Lipinski definition) is 3. The molecule has 2 aromatic rings. The summed E-state index contributed by atoms with van der Waals surface area (Å²) in [6, 6.07) is 9.73. The first kappa shape index (κ1) is 20.8. The Balaban J connectivity index is 0.00000288. The van der Waals surface area contributed by atoms with E-state index in [9.17, 15) is 0 Å². The summed E-state index contributed by atoms with van der Waals surface area (Å²) in [5, 5.41) is 10.7. The van der Waals surface area contributed by atoms with Gasteiger partial charge in [-0.3, -0.25) is 9.67 Å². The molecule has 0 radical (unpaired) electrons. The van der Waals surface area contributed by atoms with E-state index < -0.39 is 0 Å². The zero-order valence-corrected chi connectivity index (χ0v) is 17.5. The van der Waals surface area contributed by atoms with Crippen LogP contribution in [0.15, 0.2) is 52.2 Å². The molecular formula is C16H23BrIN5O. The lowest BCUT2D eigenvalue weighted by molar-refractivity contribution is 0.322. The van der Waals surface area contributed by atoms with Crippen molar-refractivity contribution in [2.24, 2.45) is 4.99 Å². The molecule has 8 heteroatoms. The van der Waals surface area contributed by atoms with Crippen LogP contribution >= 0.6 is 39.9 Å². The fourth-order valence-corrected chi connectivity index (χ4v) is 2.23. The number of aliphatic imine (C=N–C) groups is 1. The van der Waals surface area contributed by atoms with E-state index in [4.69, 9.17) is 4.74 Å². The summed E-state index contributed by atoms with van der Waals surface area (Å²) in [5.41, 5.74) is 0. The average molecular weight is 508 g/mol. The molecule has 0 saturated carbocycles. The van der Waals surface area contributed by atoms with Crippen LogP contribution in [0.5, 0.6) is 5.75 Å². The van der Waals surface area contributed by atoms with Gasteiger partial charge >= 0.3 is 0 Å². The lowest BCUT2D eigenvalue weighted by Gasteiger charge is -2.12. The minimum Gasteiger partial charge on any atom is -0.492 e. The van der Waals surface area contributed by atoms with Crippen LogP contribution in [0.1, 0.15) is 6.42 Å². The van der Waals surface area contributed by atoms with Gasteiger partial charge in [0.1, 0.15) is 12.4 Å². The largest absolute Gasteiger partial charge is 0.492 e. The maximum Gasteiger partial charge on any atom is 0.191 e. The molecule has 0 aliphatic rings. The van der Waals surface area contributed by atoms with Gasteiger partial charge in [-0.05, 0) is 36.8 Å². The lowest BCUT2D eigenvalue weighted by atomic mass is 10.3. The molecule has 0 bridgehead atoms. The Labute approximate surface area is 168 Å². The summed E-state index contributed by atoms with van der Waals surface area (Å²) >= 11 is 3.40. The molecule has 1 heterocycles. The number of nitrogens with one attached hydrogen (secondary N) is 2. The highest BCUT2D eigenvalue weighted by Crippen LogP contribution is 2.15. The second kappa shape index (κ2) is 12.1. The van der Waals surface area contributed by atoms with Crippen molar-refractivity contribution in [3.05, 3.63) is 47.2 Å². The van der Waals surface area contributed by atoms with Crippen molar-refractivity contribution in [3.63, 3.8) is 0 Å². The van der Waals surface area contributed by atoms with Gasteiger partial charge in [-0.25, -0.2) is 0 Å². The molecule has 132 valence electrons. The van der Waals surface area contributed by atoms with E-state index in [0.29, 0.717) is 13.2 Å². The first-order valence-electron chi connectivity index (χ1n) is 7.58. The molecule has 0 atom stereocenters. The average Bonchev–Trinajstić information content (AvgIpc) is 3.08. The molecular weight excluding hydrogens is 485 g/mol. The van der Waals surface area contributed by atoms with Crippen LogP contribution in [-0.2, 0) is 6.54 Å². The van der Waals surface area contributed by atoms with Gasteiger partial charge in [0.05, 0.1) is 6.54 Å². The van der Waals surface area contributed by atoms with Crippen LogP contribution in [0.25, 0.3) is 0 Å². The molecule has 1 aromatic carbocycles.